The Morgan fingerprint density at radius 3 is 2.70 bits per heavy atom. The summed E-state index contributed by atoms with van der Waals surface area (Å²) < 4.78 is 5.00. The molecule has 0 spiro atoms. The minimum absolute atomic E-state index is 0.114. The fourth-order valence-corrected chi connectivity index (χ4v) is 2.13. The number of amides is 1. The van der Waals surface area contributed by atoms with Crippen molar-refractivity contribution < 1.29 is 14.3 Å². The zero-order valence-corrected chi connectivity index (χ0v) is 11.8. The summed E-state index contributed by atoms with van der Waals surface area (Å²) in [6, 6.07) is 9.33. The van der Waals surface area contributed by atoms with Crippen molar-refractivity contribution in [3.8, 4) is 0 Å². The molecule has 0 unspecified atom stereocenters. The lowest BCUT2D eigenvalue weighted by Gasteiger charge is -2.05. The van der Waals surface area contributed by atoms with Crippen molar-refractivity contribution in [2.24, 2.45) is 0 Å². The Labute approximate surface area is 120 Å². The highest BCUT2D eigenvalue weighted by atomic mass is 32.1. The van der Waals surface area contributed by atoms with E-state index < -0.39 is 6.09 Å². The molecule has 0 atom stereocenters. The van der Waals surface area contributed by atoms with Gasteiger partial charge in [0, 0.05) is 5.38 Å². The third-order valence-electron chi connectivity index (χ3n) is 2.51. The number of thiazole rings is 1. The van der Waals surface area contributed by atoms with Gasteiger partial charge in [0.15, 0.2) is 0 Å². The maximum atomic E-state index is 11.7. The highest BCUT2D eigenvalue weighted by molar-refractivity contribution is 7.09. The summed E-state index contributed by atoms with van der Waals surface area (Å²) in [6.07, 6.45) is -0.617. The quantitative estimate of drug-likeness (QED) is 0.859. The van der Waals surface area contributed by atoms with E-state index in [1.54, 1.807) is 5.38 Å². The van der Waals surface area contributed by atoms with E-state index in [-0.39, 0.29) is 18.9 Å². The molecule has 0 saturated heterocycles. The van der Waals surface area contributed by atoms with Crippen molar-refractivity contribution in [3.63, 3.8) is 0 Å². The number of rotatable bonds is 5. The number of nitrogens with one attached hydrogen (secondary N) is 1. The van der Waals surface area contributed by atoms with E-state index in [4.69, 9.17) is 4.74 Å². The van der Waals surface area contributed by atoms with Crippen molar-refractivity contribution in [2.45, 2.75) is 13.5 Å². The van der Waals surface area contributed by atoms with Gasteiger partial charge >= 0.3 is 6.09 Å². The van der Waals surface area contributed by atoms with Crippen LogP contribution in [-0.4, -0.2) is 23.4 Å². The normalized spacial score (nSPS) is 10.1. The second kappa shape index (κ2) is 6.81. The van der Waals surface area contributed by atoms with Crippen LogP contribution < -0.4 is 5.32 Å². The molecular weight excluding hydrogens is 276 g/mol. The maximum absolute atomic E-state index is 11.7. The molecule has 0 aliphatic heterocycles. The number of alkyl carbamates (subject to hydrolysis) is 1. The van der Waals surface area contributed by atoms with Crippen LogP contribution in [0.1, 0.15) is 21.1 Å². The van der Waals surface area contributed by atoms with Crippen LogP contribution >= 0.6 is 11.3 Å². The number of aryl methyl sites for hydroxylation is 1. The molecule has 5 nitrogen and oxygen atoms in total. The van der Waals surface area contributed by atoms with E-state index in [0.29, 0.717) is 5.69 Å². The number of carbonyl (C=O) groups excluding carboxylic acids is 2. The Bertz CT molecular complexity index is 595. The van der Waals surface area contributed by atoms with Crippen LogP contribution in [0, 0.1) is 6.92 Å². The number of ketones is 1. The first-order valence-corrected chi connectivity index (χ1v) is 6.93. The van der Waals surface area contributed by atoms with E-state index in [0.717, 1.165) is 10.6 Å². The van der Waals surface area contributed by atoms with Gasteiger partial charge in [0.2, 0.25) is 5.78 Å². The second-order valence-electron chi connectivity index (χ2n) is 4.09. The minimum Gasteiger partial charge on any atom is -0.445 e. The smallest absolute Gasteiger partial charge is 0.407 e. The second-order valence-corrected chi connectivity index (χ2v) is 5.15. The Morgan fingerprint density at radius 1 is 1.30 bits per heavy atom. The molecule has 0 radical (unpaired) electrons. The molecule has 1 heterocycles. The maximum Gasteiger partial charge on any atom is 0.407 e. The number of hydrogen-bond acceptors (Lipinski definition) is 5. The summed E-state index contributed by atoms with van der Waals surface area (Å²) in [5, 5.41) is 4.91. The van der Waals surface area contributed by atoms with Gasteiger partial charge in [-0.1, -0.05) is 30.3 Å². The summed E-state index contributed by atoms with van der Waals surface area (Å²) in [5.74, 6) is -0.231. The molecule has 1 aromatic heterocycles. The molecule has 2 rings (SSSR count). The molecule has 1 N–H and O–H groups in total. The Kier molecular flexibility index (Phi) is 4.84. The van der Waals surface area contributed by atoms with Crippen LogP contribution in [-0.2, 0) is 11.3 Å². The van der Waals surface area contributed by atoms with Gasteiger partial charge in [0.25, 0.3) is 0 Å². The molecule has 1 amide bonds. The molecule has 0 saturated carbocycles. The number of ether oxygens (including phenoxy) is 1. The van der Waals surface area contributed by atoms with Crippen molar-refractivity contribution in [1.82, 2.24) is 10.3 Å². The molecule has 6 heteroatoms. The zero-order chi connectivity index (χ0) is 14.4. The van der Waals surface area contributed by atoms with Gasteiger partial charge in [-0.15, -0.1) is 11.3 Å². The predicted octanol–water partition coefficient (Wildman–Crippen LogP) is 2.56. The van der Waals surface area contributed by atoms with Gasteiger partial charge in [-0.3, -0.25) is 4.79 Å². The lowest BCUT2D eigenvalue weighted by Crippen LogP contribution is -2.30. The third kappa shape index (κ3) is 4.17. The highest BCUT2D eigenvalue weighted by Gasteiger charge is 2.11. The van der Waals surface area contributed by atoms with Crippen LogP contribution in [0.3, 0.4) is 0 Å². The fourth-order valence-electron chi connectivity index (χ4n) is 1.51. The number of nitrogens with zero attached hydrogens (tertiary/aromatic N) is 1. The van der Waals surface area contributed by atoms with Gasteiger partial charge in [0.1, 0.15) is 12.3 Å². The van der Waals surface area contributed by atoms with Gasteiger partial charge in [-0.25, -0.2) is 9.78 Å². The Balaban J connectivity index is 1.74. The SMILES string of the molecule is Cc1nc(C(=O)CNC(=O)OCc2ccccc2)cs1. The molecule has 2 aromatic rings. The van der Waals surface area contributed by atoms with Crippen LogP contribution in [0.25, 0.3) is 0 Å². The third-order valence-corrected chi connectivity index (χ3v) is 3.28. The van der Waals surface area contributed by atoms with Crippen molar-refractivity contribution in [1.29, 1.82) is 0 Å². The van der Waals surface area contributed by atoms with Crippen LogP contribution in [0.5, 0.6) is 0 Å². The number of hydrogen-bond donors (Lipinski definition) is 1. The van der Waals surface area contributed by atoms with E-state index >= 15 is 0 Å². The Morgan fingerprint density at radius 2 is 2.05 bits per heavy atom. The van der Waals surface area contributed by atoms with Gasteiger partial charge in [-0.05, 0) is 12.5 Å². The summed E-state index contributed by atoms with van der Waals surface area (Å²) in [7, 11) is 0. The monoisotopic (exact) mass is 290 g/mol. The van der Waals surface area contributed by atoms with Crippen molar-refractivity contribution in [2.75, 3.05) is 6.54 Å². The number of aromatic nitrogens is 1. The summed E-state index contributed by atoms with van der Waals surface area (Å²) in [4.78, 5) is 27.2. The number of carbonyl (C=O) groups is 2. The Hall–Kier alpha value is -2.21. The first kappa shape index (κ1) is 14.2. The van der Waals surface area contributed by atoms with E-state index in [2.05, 4.69) is 10.3 Å². The molecular formula is C14H14N2O3S. The van der Waals surface area contributed by atoms with E-state index in [1.807, 2.05) is 37.3 Å². The predicted molar refractivity (Wildman–Crippen MR) is 75.8 cm³/mol. The van der Waals surface area contributed by atoms with Crippen LogP contribution in [0.4, 0.5) is 4.79 Å². The minimum atomic E-state index is -0.617. The van der Waals surface area contributed by atoms with Gasteiger partial charge in [-0.2, -0.15) is 0 Å². The van der Waals surface area contributed by atoms with Gasteiger partial charge < -0.3 is 10.1 Å². The summed E-state index contributed by atoms with van der Waals surface area (Å²) in [5.41, 5.74) is 1.26. The van der Waals surface area contributed by atoms with E-state index in [9.17, 15) is 9.59 Å². The number of Topliss-reactive ketones (excluding diaryl/α,β-unsaturated/α-hetero) is 1. The largest absolute Gasteiger partial charge is 0.445 e. The topological polar surface area (TPSA) is 68.3 Å². The average Bonchev–Trinajstić information content (AvgIpc) is 2.90. The van der Waals surface area contributed by atoms with Crippen LogP contribution in [0.2, 0.25) is 0 Å². The standard InChI is InChI=1S/C14H14N2O3S/c1-10-16-12(9-20-10)13(17)7-15-14(18)19-8-11-5-3-2-4-6-11/h2-6,9H,7-8H2,1H3,(H,15,18). The fraction of sp³-hybridized carbons (Fsp3) is 0.214. The summed E-state index contributed by atoms with van der Waals surface area (Å²) >= 11 is 1.40. The summed E-state index contributed by atoms with van der Waals surface area (Å²) in [6.45, 7) is 1.89. The van der Waals surface area contributed by atoms with E-state index in [1.165, 1.54) is 11.3 Å². The van der Waals surface area contributed by atoms with Gasteiger partial charge in [0.05, 0.1) is 11.6 Å². The molecule has 1 aromatic carbocycles. The van der Waals surface area contributed by atoms with Crippen molar-refractivity contribution in [3.05, 3.63) is 52.0 Å². The molecule has 20 heavy (non-hydrogen) atoms. The molecule has 0 bridgehead atoms. The highest BCUT2D eigenvalue weighted by Crippen LogP contribution is 2.08. The first-order valence-electron chi connectivity index (χ1n) is 6.05. The lowest BCUT2D eigenvalue weighted by atomic mass is 10.2. The van der Waals surface area contributed by atoms with Crippen molar-refractivity contribution >= 4 is 23.2 Å². The lowest BCUT2D eigenvalue weighted by molar-refractivity contribution is 0.0970. The molecule has 104 valence electrons. The number of benzene rings is 1. The average molecular weight is 290 g/mol. The zero-order valence-electron chi connectivity index (χ0n) is 11.0. The molecule has 0 fully saturated rings. The molecule has 0 aliphatic rings. The molecule has 0 aliphatic carbocycles. The van der Waals surface area contributed by atoms with Crippen LogP contribution in [0.15, 0.2) is 35.7 Å². The first-order chi connectivity index (χ1) is 9.65.